The van der Waals surface area contributed by atoms with E-state index in [0.717, 1.165) is 31.2 Å². The molecule has 1 saturated heterocycles. The van der Waals surface area contributed by atoms with Gasteiger partial charge < -0.3 is 14.7 Å². The highest BCUT2D eigenvalue weighted by Crippen LogP contribution is 2.46. The van der Waals surface area contributed by atoms with Crippen molar-refractivity contribution in [2.24, 2.45) is 0 Å². The molecule has 2 aliphatic rings. The predicted octanol–water partition coefficient (Wildman–Crippen LogP) is 3.05. The van der Waals surface area contributed by atoms with Crippen LogP contribution >= 0.6 is 0 Å². The number of carbonyl (C=O) groups excluding carboxylic acids is 3. The SMILES string of the molecule is COc1ccccc1[C@]1(CC(=O)N(CCO)Cc2ccccc2)CC(=O)N(C2CCCC2)C1=O. The molecule has 4 rings (SSSR count). The molecule has 7 nitrogen and oxygen atoms in total. The Morgan fingerprint density at radius 2 is 1.76 bits per heavy atom. The fourth-order valence-electron chi connectivity index (χ4n) is 5.36. The minimum Gasteiger partial charge on any atom is -0.496 e. The van der Waals surface area contributed by atoms with E-state index >= 15 is 0 Å². The molecule has 2 aromatic rings. The normalized spacial score (nSPS) is 20.7. The highest BCUT2D eigenvalue weighted by molar-refractivity contribution is 6.11. The van der Waals surface area contributed by atoms with Crippen molar-refractivity contribution in [1.29, 1.82) is 0 Å². The van der Waals surface area contributed by atoms with E-state index in [4.69, 9.17) is 4.74 Å². The van der Waals surface area contributed by atoms with Gasteiger partial charge in [0.1, 0.15) is 5.75 Å². The number of hydrogen-bond donors (Lipinski definition) is 1. The van der Waals surface area contributed by atoms with Crippen molar-refractivity contribution in [1.82, 2.24) is 9.80 Å². The van der Waals surface area contributed by atoms with Crippen molar-refractivity contribution in [3.8, 4) is 5.75 Å². The van der Waals surface area contributed by atoms with Gasteiger partial charge in [-0.2, -0.15) is 0 Å². The Morgan fingerprint density at radius 1 is 1.09 bits per heavy atom. The Bertz CT molecular complexity index is 1030. The summed E-state index contributed by atoms with van der Waals surface area (Å²) in [6.45, 7) is 0.266. The number of benzene rings is 2. The second-order valence-electron chi connectivity index (χ2n) is 9.17. The standard InChI is InChI=1S/C27H32N2O5/c1-34-23-14-8-7-13-22(23)27(18-25(32)29(26(27)33)21-11-5-6-12-21)17-24(31)28(15-16-30)19-20-9-3-2-4-10-20/h2-4,7-10,13-14,21,30H,5-6,11-12,15-19H2,1H3/t27-/m0/s1. The van der Waals surface area contributed by atoms with Crippen LogP contribution in [0.1, 0.15) is 49.7 Å². The van der Waals surface area contributed by atoms with Gasteiger partial charge in [0.05, 0.1) is 19.1 Å². The Labute approximate surface area is 200 Å². The quantitative estimate of drug-likeness (QED) is 0.577. The number of carbonyl (C=O) groups is 3. The molecule has 0 unspecified atom stereocenters. The van der Waals surface area contributed by atoms with Crippen LogP contribution in [0.15, 0.2) is 54.6 Å². The van der Waals surface area contributed by atoms with Gasteiger partial charge in [-0.15, -0.1) is 0 Å². The zero-order chi connectivity index (χ0) is 24.1. The summed E-state index contributed by atoms with van der Waals surface area (Å²) in [5.74, 6) is -0.335. The van der Waals surface area contributed by atoms with Crippen molar-refractivity contribution >= 4 is 17.7 Å². The first-order valence-corrected chi connectivity index (χ1v) is 11.9. The largest absolute Gasteiger partial charge is 0.496 e. The molecule has 1 atom stereocenters. The minimum atomic E-state index is -1.33. The van der Waals surface area contributed by atoms with E-state index in [9.17, 15) is 19.5 Å². The molecule has 0 bridgehead atoms. The van der Waals surface area contributed by atoms with E-state index in [2.05, 4.69) is 0 Å². The fourth-order valence-corrected chi connectivity index (χ4v) is 5.36. The molecule has 1 aliphatic heterocycles. The number of ether oxygens (including phenoxy) is 1. The second-order valence-corrected chi connectivity index (χ2v) is 9.17. The van der Waals surface area contributed by atoms with Gasteiger partial charge in [-0.25, -0.2) is 0 Å². The van der Waals surface area contributed by atoms with Crippen molar-refractivity contribution in [2.45, 2.75) is 56.5 Å². The third-order valence-corrected chi connectivity index (χ3v) is 7.05. The van der Waals surface area contributed by atoms with Gasteiger partial charge in [0.2, 0.25) is 17.7 Å². The number of aliphatic hydroxyl groups excluding tert-OH is 1. The minimum absolute atomic E-state index is 0.0627. The van der Waals surface area contributed by atoms with E-state index < -0.39 is 5.41 Å². The van der Waals surface area contributed by atoms with Crippen LogP contribution in [0, 0.1) is 0 Å². The van der Waals surface area contributed by atoms with Crippen LogP contribution in [0.5, 0.6) is 5.75 Å². The van der Waals surface area contributed by atoms with Crippen LogP contribution in [0.4, 0.5) is 0 Å². The molecule has 180 valence electrons. The van der Waals surface area contributed by atoms with E-state index in [0.29, 0.717) is 17.9 Å². The van der Waals surface area contributed by atoms with Gasteiger partial charge >= 0.3 is 0 Å². The smallest absolute Gasteiger partial charge is 0.241 e. The van der Waals surface area contributed by atoms with Gasteiger partial charge in [-0.1, -0.05) is 61.4 Å². The van der Waals surface area contributed by atoms with Gasteiger partial charge in [0.25, 0.3) is 0 Å². The summed E-state index contributed by atoms with van der Waals surface area (Å²) >= 11 is 0. The van der Waals surface area contributed by atoms with Crippen molar-refractivity contribution in [3.63, 3.8) is 0 Å². The maximum Gasteiger partial charge on any atom is 0.241 e. The van der Waals surface area contributed by atoms with Crippen LogP contribution in [-0.4, -0.2) is 58.9 Å². The molecule has 0 spiro atoms. The monoisotopic (exact) mass is 464 g/mol. The number of aliphatic hydroxyl groups is 1. The molecule has 0 radical (unpaired) electrons. The summed E-state index contributed by atoms with van der Waals surface area (Å²) in [7, 11) is 1.53. The maximum absolute atomic E-state index is 14.0. The highest BCUT2D eigenvalue weighted by atomic mass is 16.5. The zero-order valence-electron chi connectivity index (χ0n) is 19.6. The zero-order valence-corrected chi connectivity index (χ0v) is 19.6. The van der Waals surface area contributed by atoms with E-state index in [1.165, 1.54) is 12.0 Å². The number of likely N-dealkylation sites (tertiary alicyclic amines) is 1. The Hall–Kier alpha value is -3.19. The number of nitrogens with zero attached hydrogens (tertiary/aromatic N) is 2. The molecule has 3 amide bonds. The topological polar surface area (TPSA) is 87.2 Å². The molecular formula is C27H32N2O5. The van der Waals surface area contributed by atoms with E-state index in [1.54, 1.807) is 29.2 Å². The molecule has 2 aromatic carbocycles. The molecule has 7 heteroatoms. The number of methoxy groups -OCH3 is 1. The molecule has 1 aliphatic carbocycles. The molecule has 0 aromatic heterocycles. The van der Waals surface area contributed by atoms with Crippen molar-refractivity contribution in [2.75, 3.05) is 20.3 Å². The van der Waals surface area contributed by atoms with Gasteiger partial charge in [-0.05, 0) is 24.5 Å². The van der Waals surface area contributed by atoms with Gasteiger partial charge in [-0.3, -0.25) is 19.3 Å². The van der Waals surface area contributed by atoms with E-state index in [1.807, 2.05) is 30.3 Å². The molecule has 1 heterocycles. The average molecular weight is 465 g/mol. The average Bonchev–Trinajstić information content (AvgIpc) is 3.46. The molecule has 2 fully saturated rings. The van der Waals surface area contributed by atoms with Crippen molar-refractivity contribution < 1.29 is 24.2 Å². The second kappa shape index (κ2) is 10.4. The predicted molar refractivity (Wildman–Crippen MR) is 127 cm³/mol. The first-order chi connectivity index (χ1) is 16.5. The summed E-state index contributed by atoms with van der Waals surface area (Å²) in [6, 6.07) is 16.6. The molecule has 1 saturated carbocycles. The Morgan fingerprint density at radius 3 is 2.44 bits per heavy atom. The van der Waals surface area contributed by atoms with Gasteiger partial charge in [0, 0.05) is 37.5 Å². The van der Waals surface area contributed by atoms with Crippen LogP contribution < -0.4 is 4.74 Å². The third-order valence-electron chi connectivity index (χ3n) is 7.05. The lowest BCUT2D eigenvalue weighted by atomic mass is 9.75. The fraction of sp³-hybridized carbons (Fsp3) is 0.444. The maximum atomic E-state index is 14.0. The summed E-state index contributed by atoms with van der Waals surface area (Å²) in [5.41, 5.74) is 0.165. The Kier molecular flexibility index (Phi) is 7.32. The number of para-hydroxylation sites is 1. The van der Waals surface area contributed by atoms with Crippen LogP contribution in [0.3, 0.4) is 0 Å². The summed E-state index contributed by atoms with van der Waals surface area (Å²) < 4.78 is 5.57. The molecule has 34 heavy (non-hydrogen) atoms. The number of hydrogen-bond acceptors (Lipinski definition) is 5. The molecule has 1 N–H and O–H groups in total. The van der Waals surface area contributed by atoms with Crippen LogP contribution in [-0.2, 0) is 26.3 Å². The van der Waals surface area contributed by atoms with Crippen LogP contribution in [0.25, 0.3) is 0 Å². The first kappa shape index (κ1) is 24.0. The lowest BCUT2D eigenvalue weighted by Crippen LogP contribution is -2.46. The van der Waals surface area contributed by atoms with Crippen molar-refractivity contribution in [3.05, 3.63) is 65.7 Å². The summed E-state index contributed by atoms with van der Waals surface area (Å²) in [6.07, 6.45) is 3.37. The Balaban J connectivity index is 1.70. The highest BCUT2D eigenvalue weighted by Gasteiger charge is 2.56. The van der Waals surface area contributed by atoms with E-state index in [-0.39, 0.29) is 49.8 Å². The number of imide groups is 1. The lowest BCUT2D eigenvalue weighted by Gasteiger charge is -2.32. The number of rotatable bonds is 9. The first-order valence-electron chi connectivity index (χ1n) is 11.9. The van der Waals surface area contributed by atoms with Crippen LogP contribution in [0.2, 0.25) is 0 Å². The number of amides is 3. The summed E-state index contributed by atoms with van der Waals surface area (Å²) in [5, 5.41) is 9.62. The van der Waals surface area contributed by atoms with Gasteiger partial charge in [0.15, 0.2) is 0 Å². The molecular weight excluding hydrogens is 432 g/mol. The summed E-state index contributed by atoms with van der Waals surface area (Å²) in [4.78, 5) is 43.8. The lowest BCUT2D eigenvalue weighted by molar-refractivity contribution is -0.145. The third kappa shape index (κ3) is 4.57.